The molecule has 0 aliphatic heterocycles. The van der Waals surface area contributed by atoms with Crippen molar-refractivity contribution in [2.24, 2.45) is 0 Å². The van der Waals surface area contributed by atoms with Crippen LogP contribution in [-0.2, 0) is 17.9 Å². The van der Waals surface area contributed by atoms with Gasteiger partial charge < -0.3 is 14.6 Å². The third-order valence-corrected chi connectivity index (χ3v) is 3.76. The summed E-state index contributed by atoms with van der Waals surface area (Å²) in [6, 6.07) is 7.29. The Morgan fingerprint density at radius 1 is 1.30 bits per heavy atom. The van der Waals surface area contributed by atoms with Crippen molar-refractivity contribution in [1.82, 2.24) is 9.47 Å². The molecule has 0 saturated carbocycles. The molecule has 0 fully saturated rings. The van der Waals surface area contributed by atoms with Gasteiger partial charge in [0.15, 0.2) is 0 Å². The Morgan fingerprint density at radius 3 is 2.52 bits per heavy atom. The summed E-state index contributed by atoms with van der Waals surface area (Å²) in [4.78, 5) is 25.0. The largest absolute Gasteiger partial charge is 0.480 e. The van der Waals surface area contributed by atoms with Crippen LogP contribution in [0.5, 0.6) is 0 Å². The van der Waals surface area contributed by atoms with Gasteiger partial charge in [-0.1, -0.05) is 12.1 Å². The van der Waals surface area contributed by atoms with E-state index in [1.165, 1.54) is 29.2 Å². The molecular weight excluding hydrogens is 367 g/mol. The number of hydrogen-bond donors (Lipinski definition) is 1. The van der Waals surface area contributed by atoms with E-state index in [1.807, 2.05) is 6.92 Å². The van der Waals surface area contributed by atoms with E-state index in [0.717, 1.165) is 4.47 Å². The van der Waals surface area contributed by atoms with Gasteiger partial charge in [0.2, 0.25) is 0 Å². The van der Waals surface area contributed by atoms with Crippen LogP contribution in [0.1, 0.15) is 23.0 Å². The average molecular weight is 383 g/mol. The second kappa shape index (κ2) is 7.41. The number of amides is 1. The third-order valence-electron chi connectivity index (χ3n) is 3.32. The first kappa shape index (κ1) is 17.2. The van der Waals surface area contributed by atoms with E-state index in [0.29, 0.717) is 17.8 Å². The summed E-state index contributed by atoms with van der Waals surface area (Å²) in [7, 11) is 0. The van der Waals surface area contributed by atoms with Crippen molar-refractivity contribution in [2.75, 3.05) is 6.54 Å². The number of benzene rings is 1. The normalized spacial score (nSPS) is 10.6. The van der Waals surface area contributed by atoms with E-state index >= 15 is 0 Å². The van der Waals surface area contributed by atoms with E-state index in [9.17, 15) is 14.0 Å². The molecule has 23 heavy (non-hydrogen) atoms. The first-order chi connectivity index (χ1) is 10.9. The van der Waals surface area contributed by atoms with Crippen molar-refractivity contribution >= 4 is 27.8 Å². The Kier molecular flexibility index (Phi) is 5.54. The maximum absolute atomic E-state index is 13.0. The quantitative estimate of drug-likeness (QED) is 0.834. The Bertz CT molecular complexity index is 713. The second-order valence-corrected chi connectivity index (χ2v) is 5.93. The third kappa shape index (κ3) is 4.41. The highest BCUT2D eigenvalue weighted by atomic mass is 79.9. The molecule has 2 aromatic rings. The molecule has 0 aliphatic rings. The summed E-state index contributed by atoms with van der Waals surface area (Å²) in [6.45, 7) is 2.15. The van der Waals surface area contributed by atoms with E-state index < -0.39 is 12.5 Å². The van der Waals surface area contributed by atoms with Crippen LogP contribution in [0.4, 0.5) is 4.39 Å². The molecule has 0 atom stereocenters. The molecule has 1 aromatic carbocycles. The van der Waals surface area contributed by atoms with Gasteiger partial charge in [-0.2, -0.15) is 0 Å². The number of aromatic nitrogens is 1. The van der Waals surface area contributed by atoms with E-state index in [4.69, 9.17) is 5.11 Å². The molecule has 0 radical (unpaired) electrons. The van der Waals surface area contributed by atoms with Gasteiger partial charge in [0.25, 0.3) is 5.91 Å². The number of carboxylic acid groups (broad SMARTS) is 1. The van der Waals surface area contributed by atoms with E-state index in [2.05, 4.69) is 15.9 Å². The monoisotopic (exact) mass is 382 g/mol. The van der Waals surface area contributed by atoms with Crippen molar-refractivity contribution in [3.8, 4) is 0 Å². The predicted octanol–water partition coefficient (Wildman–Crippen LogP) is 3.14. The molecule has 0 bridgehead atoms. The highest BCUT2D eigenvalue weighted by molar-refractivity contribution is 9.10. The van der Waals surface area contributed by atoms with Gasteiger partial charge in [0.1, 0.15) is 18.1 Å². The van der Waals surface area contributed by atoms with Gasteiger partial charge in [-0.25, -0.2) is 4.39 Å². The molecule has 1 aromatic heterocycles. The van der Waals surface area contributed by atoms with Crippen molar-refractivity contribution < 1.29 is 19.1 Å². The standard InChI is InChI=1S/C16H16BrFN2O3/c1-2-19-9-12(17)7-14(19)16(23)20(10-15(21)22)8-11-3-5-13(18)6-4-11/h3-7,9H,2,8,10H2,1H3,(H,21,22). The number of aryl methyl sites for hydroxylation is 1. The molecule has 1 heterocycles. The Balaban J connectivity index is 2.28. The van der Waals surface area contributed by atoms with Gasteiger partial charge in [-0.3, -0.25) is 9.59 Å². The molecule has 0 saturated heterocycles. The summed E-state index contributed by atoms with van der Waals surface area (Å²) in [5, 5.41) is 9.06. The van der Waals surface area contributed by atoms with Gasteiger partial charge >= 0.3 is 5.97 Å². The first-order valence-corrected chi connectivity index (χ1v) is 7.81. The lowest BCUT2D eigenvalue weighted by atomic mass is 10.2. The lowest BCUT2D eigenvalue weighted by Gasteiger charge is -2.21. The summed E-state index contributed by atoms with van der Waals surface area (Å²) in [6.07, 6.45) is 1.77. The van der Waals surface area contributed by atoms with Crippen LogP contribution in [0.3, 0.4) is 0 Å². The van der Waals surface area contributed by atoms with Gasteiger partial charge in [0.05, 0.1) is 0 Å². The molecule has 1 N–H and O–H groups in total. The Hall–Kier alpha value is -2.15. The van der Waals surface area contributed by atoms with Crippen molar-refractivity contribution in [3.05, 3.63) is 58.1 Å². The second-order valence-electron chi connectivity index (χ2n) is 5.01. The molecule has 7 heteroatoms. The fourth-order valence-corrected chi connectivity index (χ4v) is 2.71. The SMILES string of the molecule is CCn1cc(Br)cc1C(=O)N(CC(=O)O)Cc1ccc(F)cc1. The van der Waals surface area contributed by atoms with E-state index in [-0.39, 0.29) is 18.3 Å². The van der Waals surface area contributed by atoms with Gasteiger partial charge in [0, 0.05) is 23.8 Å². The summed E-state index contributed by atoms with van der Waals surface area (Å²) in [5.41, 5.74) is 1.07. The number of carbonyl (C=O) groups excluding carboxylic acids is 1. The minimum Gasteiger partial charge on any atom is -0.480 e. The van der Waals surface area contributed by atoms with Crippen molar-refractivity contribution in [1.29, 1.82) is 0 Å². The maximum Gasteiger partial charge on any atom is 0.323 e. The zero-order valence-corrected chi connectivity index (χ0v) is 14.1. The number of carbonyl (C=O) groups is 2. The Labute approximate surface area is 141 Å². The fraction of sp³-hybridized carbons (Fsp3) is 0.250. The van der Waals surface area contributed by atoms with Crippen LogP contribution in [0.25, 0.3) is 0 Å². The highest BCUT2D eigenvalue weighted by Crippen LogP contribution is 2.18. The number of halogens is 2. The molecule has 5 nitrogen and oxygen atoms in total. The van der Waals surface area contributed by atoms with Crippen molar-refractivity contribution in [3.63, 3.8) is 0 Å². The Morgan fingerprint density at radius 2 is 1.96 bits per heavy atom. The lowest BCUT2D eigenvalue weighted by molar-refractivity contribution is -0.137. The van der Waals surface area contributed by atoms with Gasteiger partial charge in [-0.05, 0) is 46.6 Å². The zero-order chi connectivity index (χ0) is 17.0. The molecular formula is C16H16BrFN2O3. The van der Waals surface area contributed by atoms with Crippen LogP contribution in [0, 0.1) is 5.82 Å². The number of carboxylic acids is 1. The fourth-order valence-electron chi connectivity index (χ4n) is 2.25. The molecule has 0 spiro atoms. The number of nitrogens with zero attached hydrogens (tertiary/aromatic N) is 2. The molecule has 2 rings (SSSR count). The molecule has 122 valence electrons. The van der Waals surface area contributed by atoms with Crippen LogP contribution < -0.4 is 0 Å². The van der Waals surface area contributed by atoms with Crippen LogP contribution in [0.15, 0.2) is 41.0 Å². The minimum atomic E-state index is -1.10. The molecule has 0 aliphatic carbocycles. The topological polar surface area (TPSA) is 62.5 Å². The average Bonchev–Trinajstić information content (AvgIpc) is 2.88. The van der Waals surface area contributed by atoms with Crippen LogP contribution >= 0.6 is 15.9 Å². The van der Waals surface area contributed by atoms with E-state index in [1.54, 1.807) is 16.8 Å². The molecule has 1 amide bonds. The molecule has 0 unspecified atom stereocenters. The minimum absolute atomic E-state index is 0.0952. The summed E-state index contributed by atoms with van der Waals surface area (Å²) >= 11 is 3.32. The zero-order valence-electron chi connectivity index (χ0n) is 12.5. The smallest absolute Gasteiger partial charge is 0.323 e. The predicted molar refractivity (Wildman–Crippen MR) is 86.6 cm³/mol. The maximum atomic E-state index is 13.0. The highest BCUT2D eigenvalue weighted by Gasteiger charge is 2.22. The number of hydrogen-bond acceptors (Lipinski definition) is 2. The van der Waals surface area contributed by atoms with Gasteiger partial charge in [-0.15, -0.1) is 0 Å². The lowest BCUT2D eigenvalue weighted by Crippen LogP contribution is -2.36. The number of rotatable bonds is 6. The number of aliphatic carboxylic acids is 1. The summed E-state index contributed by atoms with van der Waals surface area (Å²) in [5.74, 6) is -1.87. The summed E-state index contributed by atoms with van der Waals surface area (Å²) < 4.78 is 15.5. The van der Waals surface area contributed by atoms with Crippen LogP contribution in [0.2, 0.25) is 0 Å². The first-order valence-electron chi connectivity index (χ1n) is 7.02. The van der Waals surface area contributed by atoms with Crippen molar-refractivity contribution in [2.45, 2.75) is 20.0 Å². The van der Waals surface area contributed by atoms with Crippen LogP contribution in [-0.4, -0.2) is 33.0 Å².